The zero-order valence-corrected chi connectivity index (χ0v) is 23.9. The van der Waals surface area contributed by atoms with Crippen LogP contribution < -0.4 is 15.5 Å². The minimum absolute atomic E-state index is 0.00468. The molecule has 0 saturated carbocycles. The van der Waals surface area contributed by atoms with Crippen LogP contribution in [0.3, 0.4) is 0 Å². The first-order valence-corrected chi connectivity index (χ1v) is 14.9. The molecule has 7 rings (SSSR count). The summed E-state index contributed by atoms with van der Waals surface area (Å²) >= 11 is 0. The lowest BCUT2D eigenvalue weighted by atomic mass is 9.85. The maximum atomic E-state index is 14.2. The summed E-state index contributed by atoms with van der Waals surface area (Å²) in [6, 6.07) is 25.6. The molecule has 1 spiro atoms. The van der Waals surface area contributed by atoms with E-state index in [1.165, 1.54) is 5.56 Å². The van der Waals surface area contributed by atoms with Gasteiger partial charge in [0.1, 0.15) is 12.1 Å². The van der Waals surface area contributed by atoms with E-state index in [4.69, 9.17) is 0 Å². The average Bonchev–Trinajstić information content (AvgIpc) is 3.77. The highest BCUT2D eigenvalue weighted by Crippen LogP contribution is 2.39. The molecular formula is C33H35N7O3. The van der Waals surface area contributed by atoms with Crippen LogP contribution in [0.4, 0.5) is 5.69 Å². The molecular weight excluding hydrogens is 542 g/mol. The van der Waals surface area contributed by atoms with Gasteiger partial charge >= 0.3 is 0 Å². The Hall–Kier alpha value is -4.70. The van der Waals surface area contributed by atoms with Crippen LogP contribution in [-0.4, -0.2) is 88.7 Å². The van der Waals surface area contributed by atoms with Gasteiger partial charge in [0.05, 0.1) is 18.4 Å². The summed E-state index contributed by atoms with van der Waals surface area (Å²) in [4.78, 5) is 46.6. The molecule has 0 radical (unpaired) electrons. The molecule has 43 heavy (non-hydrogen) atoms. The molecule has 4 aromatic rings. The number of para-hydroxylation sites is 1. The average molecular weight is 578 g/mol. The summed E-state index contributed by atoms with van der Waals surface area (Å²) in [7, 11) is 0. The molecule has 220 valence electrons. The molecule has 3 aromatic carbocycles. The lowest BCUT2D eigenvalue weighted by molar-refractivity contribution is -0.137. The van der Waals surface area contributed by atoms with Gasteiger partial charge in [0, 0.05) is 54.8 Å². The predicted molar refractivity (Wildman–Crippen MR) is 163 cm³/mol. The van der Waals surface area contributed by atoms with Gasteiger partial charge < -0.3 is 25.3 Å². The monoisotopic (exact) mass is 577 g/mol. The summed E-state index contributed by atoms with van der Waals surface area (Å²) in [5, 5.41) is 14.4. The van der Waals surface area contributed by atoms with Gasteiger partial charge in [0.2, 0.25) is 5.91 Å². The molecule has 10 heteroatoms. The third kappa shape index (κ3) is 5.01. The fourth-order valence-electron chi connectivity index (χ4n) is 6.97. The number of aromatic nitrogens is 2. The number of H-pyrrole nitrogens is 1. The third-order valence-electron chi connectivity index (χ3n) is 9.27. The number of benzene rings is 3. The SMILES string of the molecule is O=C(CN1CN(c2ccccc2)C2(CCN(C(=O)c3ccc4[nH]ncc4c3)CC2)C1=O)NC1CNCC1c1ccccc1. The van der Waals surface area contributed by atoms with Crippen molar-refractivity contribution in [1.29, 1.82) is 0 Å². The number of amides is 3. The van der Waals surface area contributed by atoms with Crippen molar-refractivity contribution in [1.82, 2.24) is 30.6 Å². The normalized spacial score (nSPS) is 21.6. The second-order valence-electron chi connectivity index (χ2n) is 11.8. The molecule has 0 bridgehead atoms. The van der Waals surface area contributed by atoms with Crippen LogP contribution >= 0.6 is 0 Å². The number of nitrogens with one attached hydrogen (secondary N) is 3. The predicted octanol–water partition coefficient (Wildman–Crippen LogP) is 2.72. The van der Waals surface area contributed by atoms with Crippen molar-refractivity contribution in [3.8, 4) is 0 Å². The van der Waals surface area contributed by atoms with Crippen LogP contribution in [0.25, 0.3) is 10.9 Å². The maximum Gasteiger partial charge on any atom is 0.253 e. The second-order valence-corrected chi connectivity index (χ2v) is 11.8. The van der Waals surface area contributed by atoms with Gasteiger partial charge in [-0.3, -0.25) is 19.5 Å². The Labute approximate surface area is 250 Å². The molecule has 3 aliphatic heterocycles. The highest BCUT2D eigenvalue weighted by molar-refractivity contribution is 5.99. The minimum Gasteiger partial charge on any atom is -0.350 e. The Morgan fingerprint density at radius 2 is 1.70 bits per heavy atom. The van der Waals surface area contributed by atoms with Gasteiger partial charge in [-0.25, -0.2) is 0 Å². The van der Waals surface area contributed by atoms with Crippen molar-refractivity contribution in [3.05, 3.63) is 96.2 Å². The number of hydrogen-bond donors (Lipinski definition) is 3. The highest BCUT2D eigenvalue weighted by atomic mass is 16.2. The number of aromatic amines is 1. The van der Waals surface area contributed by atoms with E-state index in [1.54, 1.807) is 11.1 Å². The van der Waals surface area contributed by atoms with Gasteiger partial charge in [-0.15, -0.1) is 0 Å². The Balaban J connectivity index is 1.06. The Bertz CT molecular complexity index is 1630. The van der Waals surface area contributed by atoms with Crippen LogP contribution in [0.1, 0.15) is 34.7 Å². The maximum absolute atomic E-state index is 14.2. The van der Waals surface area contributed by atoms with Crippen molar-refractivity contribution in [2.75, 3.05) is 44.3 Å². The number of piperidine rings is 1. The van der Waals surface area contributed by atoms with Gasteiger partial charge in [-0.1, -0.05) is 48.5 Å². The first-order valence-electron chi connectivity index (χ1n) is 14.9. The van der Waals surface area contributed by atoms with E-state index in [2.05, 4.69) is 37.9 Å². The molecule has 0 aliphatic carbocycles. The third-order valence-corrected chi connectivity index (χ3v) is 9.27. The van der Waals surface area contributed by atoms with Crippen molar-refractivity contribution in [2.45, 2.75) is 30.3 Å². The smallest absolute Gasteiger partial charge is 0.253 e. The molecule has 3 fully saturated rings. The molecule has 3 N–H and O–H groups in total. The zero-order chi connectivity index (χ0) is 29.4. The van der Waals surface area contributed by atoms with E-state index in [0.717, 1.165) is 23.1 Å². The first-order chi connectivity index (χ1) is 21.0. The number of carbonyl (C=O) groups excluding carboxylic acids is 3. The van der Waals surface area contributed by atoms with E-state index in [-0.39, 0.29) is 36.2 Å². The van der Waals surface area contributed by atoms with Crippen molar-refractivity contribution in [3.63, 3.8) is 0 Å². The van der Waals surface area contributed by atoms with Gasteiger partial charge in [0.25, 0.3) is 11.8 Å². The highest BCUT2D eigenvalue weighted by Gasteiger charge is 2.54. The van der Waals surface area contributed by atoms with Crippen LogP contribution in [-0.2, 0) is 9.59 Å². The summed E-state index contributed by atoms with van der Waals surface area (Å²) < 4.78 is 0. The number of hydrogen-bond acceptors (Lipinski definition) is 6. The molecule has 3 saturated heterocycles. The number of nitrogens with zero attached hydrogens (tertiary/aromatic N) is 4. The van der Waals surface area contributed by atoms with Gasteiger partial charge in [0.15, 0.2) is 0 Å². The quantitative estimate of drug-likeness (QED) is 0.325. The van der Waals surface area contributed by atoms with Gasteiger partial charge in [-0.2, -0.15) is 5.10 Å². The van der Waals surface area contributed by atoms with Crippen LogP contribution in [0, 0.1) is 0 Å². The number of carbonyl (C=O) groups is 3. The van der Waals surface area contributed by atoms with E-state index >= 15 is 0 Å². The summed E-state index contributed by atoms with van der Waals surface area (Å²) in [6.07, 6.45) is 2.68. The summed E-state index contributed by atoms with van der Waals surface area (Å²) in [5.74, 6) is -0.0791. The number of likely N-dealkylation sites (tertiary alicyclic amines) is 1. The molecule has 4 heterocycles. The van der Waals surface area contributed by atoms with Crippen molar-refractivity contribution < 1.29 is 14.4 Å². The van der Waals surface area contributed by atoms with Gasteiger partial charge in [-0.05, 0) is 48.7 Å². The fourth-order valence-corrected chi connectivity index (χ4v) is 6.97. The van der Waals surface area contributed by atoms with E-state index in [9.17, 15) is 14.4 Å². The van der Waals surface area contributed by atoms with Crippen LogP contribution in [0.15, 0.2) is 85.1 Å². The standard InChI is InChI=1S/C33H35N7O3/c41-30(36-29-20-34-19-27(29)23-7-3-1-4-8-23)21-39-22-40(26-9-5-2-6-10-26)33(32(39)43)13-15-38(16-14-33)31(42)24-11-12-28-25(17-24)18-35-37-28/h1-12,17-18,27,29,34H,13-16,19-22H2,(H,35,37)(H,36,41). The Kier molecular flexibility index (Phi) is 7.06. The van der Waals surface area contributed by atoms with Crippen LogP contribution in [0.5, 0.6) is 0 Å². The molecule has 10 nitrogen and oxygen atoms in total. The largest absolute Gasteiger partial charge is 0.350 e. The molecule has 3 amide bonds. The lowest BCUT2D eigenvalue weighted by Gasteiger charge is -2.43. The van der Waals surface area contributed by atoms with Crippen molar-refractivity contribution >= 4 is 34.3 Å². The molecule has 1 aromatic heterocycles. The van der Waals surface area contributed by atoms with E-state index in [0.29, 0.717) is 44.7 Å². The van der Waals surface area contributed by atoms with E-state index < -0.39 is 5.54 Å². The number of anilines is 1. The van der Waals surface area contributed by atoms with E-state index in [1.807, 2.05) is 71.6 Å². The Morgan fingerprint density at radius 1 is 0.953 bits per heavy atom. The Morgan fingerprint density at radius 3 is 2.47 bits per heavy atom. The first kappa shape index (κ1) is 27.2. The lowest BCUT2D eigenvalue weighted by Crippen LogP contribution is -2.57. The second kappa shape index (κ2) is 11.2. The molecule has 2 unspecified atom stereocenters. The topological polar surface area (TPSA) is 114 Å². The summed E-state index contributed by atoms with van der Waals surface area (Å²) in [5.41, 5.74) is 2.81. The molecule has 2 atom stereocenters. The molecule has 3 aliphatic rings. The summed E-state index contributed by atoms with van der Waals surface area (Å²) in [6.45, 7) is 2.71. The zero-order valence-electron chi connectivity index (χ0n) is 23.9. The minimum atomic E-state index is -0.811. The number of fused-ring (bicyclic) bond motifs is 1. The van der Waals surface area contributed by atoms with Crippen LogP contribution in [0.2, 0.25) is 0 Å². The number of rotatable bonds is 6. The van der Waals surface area contributed by atoms with Crippen molar-refractivity contribution in [2.24, 2.45) is 0 Å². The fraction of sp³-hybridized carbons (Fsp3) is 0.333.